The molecule has 2 aliphatic rings. The molecule has 0 saturated heterocycles. The van der Waals surface area contributed by atoms with E-state index in [4.69, 9.17) is 9.85 Å². The number of rotatable bonds is 4. The van der Waals surface area contributed by atoms with Crippen molar-refractivity contribution in [1.29, 1.82) is 0 Å². The van der Waals surface area contributed by atoms with Crippen LogP contribution in [-0.2, 0) is 5.41 Å². The molecule has 0 fully saturated rings. The molecule has 40 heavy (non-hydrogen) atoms. The predicted octanol–water partition coefficient (Wildman–Crippen LogP) is 8.58. The summed E-state index contributed by atoms with van der Waals surface area (Å²) in [6.45, 7) is 4.50. The van der Waals surface area contributed by atoms with Gasteiger partial charge in [-0.15, -0.1) is 0 Å². The van der Waals surface area contributed by atoms with Crippen molar-refractivity contribution in [3.8, 4) is 0 Å². The van der Waals surface area contributed by atoms with Crippen LogP contribution in [0.2, 0.25) is 0 Å². The summed E-state index contributed by atoms with van der Waals surface area (Å²) in [5.74, 6) is 0. The number of nitro benzene ring substituents is 1. The van der Waals surface area contributed by atoms with Crippen molar-refractivity contribution in [2.75, 3.05) is 16.7 Å². The number of halogens is 1. The van der Waals surface area contributed by atoms with Crippen LogP contribution in [0.25, 0.3) is 0 Å². The lowest BCUT2D eigenvalue weighted by Crippen LogP contribution is -2.27. The van der Waals surface area contributed by atoms with Gasteiger partial charge in [-0.1, -0.05) is 80.6 Å². The molecule has 4 aromatic rings. The second-order valence-corrected chi connectivity index (χ2v) is 13.9. The highest BCUT2D eigenvalue weighted by Gasteiger charge is 2.47. The maximum Gasteiger partial charge on any atom is 0.270 e. The summed E-state index contributed by atoms with van der Waals surface area (Å²) in [4.78, 5) is 13.4. The van der Waals surface area contributed by atoms with Gasteiger partial charge in [-0.2, -0.15) is 5.10 Å². The van der Waals surface area contributed by atoms with E-state index in [-0.39, 0.29) is 11.1 Å². The molecule has 0 spiro atoms. The molecule has 0 unspecified atom stereocenters. The second-order valence-electron chi connectivity index (χ2n) is 10.2. The number of likely N-dealkylation sites (N-methyl/N-ethyl adjacent to an activating group) is 1. The topological polar surface area (TPSA) is 74.3 Å². The lowest BCUT2D eigenvalue weighted by Gasteiger charge is -2.35. The second kappa shape index (κ2) is 9.88. The fraction of sp³-hybridized carbons (Fsp3) is 0.129. The minimum absolute atomic E-state index is 0.00574. The number of nitro groups is 1. The van der Waals surface area contributed by atoms with Crippen molar-refractivity contribution in [3.63, 3.8) is 0 Å². The fourth-order valence-electron chi connectivity index (χ4n) is 5.71. The highest BCUT2D eigenvalue weighted by Crippen LogP contribution is 2.68. The third-order valence-corrected chi connectivity index (χ3v) is 11.5. The van der Waals surface area contributed by atoms with Gasteiger partial charge in [-0.3, -0.25) is 10.1 Å². The van der Waals surface area contributed by atoms with Crippen LogP contribution in [0.5, 0.6) is 0 Å². The molecule has 0 radical (unpaired) electrons. The number of non-ortho nitro benzene ring substituents is 1. The number of hydrazone groups is 1. The lowest BCUT2D eigenvalue weighted by molar-refractivity contribution is -0.384. The molecule has 0 saturated carbocycles. The largest absolute Gasteiger partial charge is 0.346 e. The van der Waals surface area contributed by atoms with Gasteiger partial charge in [0.05, 0.1) is 27.8 Å². The molecule has 200 valence electrons. The van der Waals surface area contributed by atoms with Crippen LogP contribution in [0.15, 0.2) is 128 Å². The summed E-state index contributed by atoms with van der Waals surface area (Å²) in [5, 5.41) is 18.6. The zero-order chi connectivity index (χ0) is 28.1. The van der Waals surface area contributed by atoms with Crippen LogP contribution >= 0.6 is 23.1 Å². The number of allylic oxidation sites excluding steroid dienone is 2. The van der Waals surface area contributed by atoms with Crippen molar-refractivity contribution in [1.82, 2.24) is 0 Å². The van der Waals surface area contributed by atoms with Crippen LogP contribution in [0.3, 0.4) is 0 Å². The summed E-state index contributed by atoms with van der Waals surface area (Å²) < 4.78 is 8.18. The standard InChI is InChI=1S/C31H27BrN5O2P/c1-31(2)25-16-10-11-17-28(25)35(3)30(31)29-21-33-36(22-12-6-4-7-13-22)40(29,24-14-8-5-9-15-24)34-27-19-18-23(37(38)39)20-26(27)32/h4-21H,1-3H3/b30-29+/t40-/m0/s1. The van der Waals surface area contributed by atoms with Gasteiger partial charge in [0, 0.05) is 45.8 Å². The molecule has 2 aliphatic heterocycles. The minimum Gasteiger partial charge on any atom is -0.346 e. The van der Waals surface area contributed by atoms with E-state index in [1.54, 1.807) is 6.07 Å². The number of nitrogens with zero attached hydrogens (tertiary/aromatic N) is 5. The average molecular weight is 612 g/mol. The maximum atomic E-state index is 11.5. The summed E-state index contributed by atoms with van der Waals surface area (Å²) in [6, 6.07) is 33.6. The maximum absolute atomic E-state index is 11.5. The van der Waals surface area contributed by atoms with Crippen LogP contribution in [0.4, 0.5) is 22.7 Å². The van der Waals surface area contributed by atoms with Crippen molar-refractivity contribution < 1.29 is 4.92 Å². The van der Waals surface area contributed by atoms with E-state index in [0.717, 1.165) is 27.7 Å². The molecule has 9 heteroatoms. The Bertz CT molecular complexity index is 1750. The number of hydrogen-bond donors (Lipinski definition) is 0. The molecule has 7 nitrogen and oxygen atoms in total. The first-order chi connectivity index (χ1) is 19.2. The Labute approximate surface area is 241 Å². The summed E-state index contributed by atoms with van der Waals surface area (Å²) in [7, 11) is -0.742. The Kier molecular flexibility index (Phi) is 6.48. The molecular formula is C31H27BrN5O2P. The van der Waals surface area contributed by atoms with Crippen LogP contribution in [-0.4, -0.2) is 18.2 Å². The van der Waals surface area contributed by atoms with E-state index in [9.17, 15) is 10.1 Å². The Hall–Kier alpha value is -4.00. The van der Waals surface area contributed by atoms with Gasteiger partial charge < -0.3 is 4.90 Å². The number of para-hydroxylation sites is 2. The van der Waals surface area contributed by atoms with Gasteiger partial charge in [-0.25, -0.2) is 9.52 Å². The van der Waals surface area contributed by atoms with Crippen molar-refractivity contribution >= 4 is 57.4 Å². The molecule has 0 aliphatic carbocycles. The third-order valence-electron chi connectivity index (χ3n) is 7.51. The molecule has 1 atom stereocenters. The van der Waals surface area contributed by atoms with E-state index < -0.39 is 12.1 Å². The van der Waals surface area contributed by atoms with Crippen LogP contribution in [0.1, 0.15) is 19.4 Å². The minimum atomic E-state index is -2.85. The summed E-state index contributed by atoms with van der Waals surface area (Å²) in [5.41, 5.74) is 4.77. The molecule has 6 rings (SSSR count). The van der Waals surface area contributed by atoms with E-state index >= 15 is 0 Å². The lowest BCUT2D eigenvalue weighted by atomic mass is 9.84. The molecule has 2 heterocycles. The molecule has 0 N–H and O–H groups in total. The van der Waals surface area contributed by atoms with E-state index in [1.807, 2.05) is 54.7 Å². The normalized spacial score (nSPS) is 21.0. The first kappa shape index (κ1) is 26.2. The molecular weight excluding hydrogens is 585 g/mol. The number of hydrogen-bond acceptors (Lipinski definition) is 5. The van der Waals surface area contributed by atoms with E-state index in [2.05, 4.69) is 82.9 Å². The predicted molar refractivity (Wildman–Crippen MR) is 168 cm³/mol. The van der Waals surface area contributed by atoms with Crippen molar-refractivity contribution in [2.24, 2.45) is 9.85 Å². The summed E-state index contributed by atoms with van der Waals surface area (Å²) in [6.07, 6.45) is 1.97. The molecule has 0 aromatic heterocycles. The monoisotopic (exact) mass is 611 g/mol. The fourth-order valence-corrected chi connectivity index (χ4v) is 9.99. The summed E-state index contributed by atoms with van der Waals surface area (Å²) >= 11 is 3.59. The number of benzene rings is 4. The van der Waals surface area contributed by atoms with E-state index in [1.165, 1.54) is 17.7 Å². The number of fused-ring (bicyclic) bond motifs is 1. The van der Waals surface area contributed by atoms with Gasteiger partial charge in [0.25, 0.3) is 5.69 Å². The SMILES string of the molecule is CN1/C(=C2\C=NN(c3ccccc3)[P@@]2(=Nc2ccc([N+](=O)[O-])cc2Br)c2ccccc2)C(C)(C)c2ccccc21. The first-order valence-electron chi connectivity index (χ1n) is 12.9. The Balaban J connectivity index is 1.74. The van der Waals surface area contributed by atoms with Gasteiger partial charge in [-0.05, 0) is 45.8 Å². The van der Waals surface area contributed by atoms with Gasteiger partial charge in [0.1, 0.15) is 7.21 Å². The molecule has 0 bridgehead atoms. The quantitative estimate of drug-likeness (QED) is 0.132. The average Bonchev–Trinajstić information content (AvgIpc) is 3.42. The van der Waals surface area contributed by atoms with E-state index in [0.29, 0.717) is 10.2 Å². The molecule has 0 amide bonds. The van der Waals surface area contributed by atoms with Gasteiger partial charge in [0.2, 0.25) is 0 Å². The molecule has 4 aromatic carbocycles. The first-order valence-corrected chi connectivity index (χ1v) is 15.3. The Morgan fingerprint density at radius 3 is 2.23 bits per heavy atom. The Morgan fingerprint density at radius 2 is 1.57 bits per heavy atom. The van der Waals surface area contributed by atoms with Crippen LogP contribution in [0, 0.1) is 10.1 Å². The highest BCUT2D eigenvalue weighted by molar-refractivity contribution is 9.10. The van der Waals surface area contributed by atoms with Gasteiger partial charge >= 0.3 is 0 Å². The number of anilines is 2. The smallest absolute Gasteiger partial charge is 0.270 e. The zero-order valence-corrected chi connectivity index (χ0v) is 24.8. The highest BCUT2D eigenvalue weighted by atomic mass is 79.9. The Morgan fingerprint density at radius 1 is 0.925 bits per heavy atom. The van der Waals surface area contributed by atoms with Gasteiger partial charge in [0.15, 0.2) is 0 Å². The third kappa shape index (κ3) is 4.02. The zero-order valence-electron chi connectivity index (χ0n) is 22.3. The van der Waals surface area contributed by atoms with Crippen molar-refractivity contribution in [2.45, 2.75) is 19.3 Å². The van der Waals surface area contributed by atoms with Crippen molar-refractivity contribution in [3.05, 3.63) is 134 Å². The van der Waals surface area contributed by atoms with Crippen LogP contribution < -0.4 is 15.0 Å².